The van der Waals surface area contributed by atoms with Gasteiger partial charge in [0.25, 0.3) is 0 Å². The standard InChI is InChI=1S/C12H15N3O3/c16-11(17)4-5-13-12(18)15-10-6-8-2-1-3-9(8)7-14-10/h6-7H,1-5H2,(H,16,17)(H2,13,14,15,18). The number of aliphatic carboxylic acids is 1. The van der Waals surface area contributed by atoms with Crippen LogP contribution in [0.5, 0.6) is 0 Å². The fourth-order valence-corrected chi connectivity index (χ4v) is 1.96. The molecule has 0 spiro atoms. The summed E-state index contributed by atoms with van der Waals surface area (Å²) in [5.41, 5.74) is 2.47. The minimum Gasteiger partial charge on any atom is -0.481 e. The van der Waals surface area contributed by atoms with Crippen molar-refractivity contribution in [2.75, 3.05) is 11.9 Å². The molecule has 0 aromatic carbocycles. The fourth-order valence-electron chi connectivity index (χ4n) is 1.96. The van der Waals surface area contributed by atoms with Gasteiger partial charge in [-0.3, -0.25) is 10.1 Å². The Bertz CT molecular complexity index is 474. The van der Waals surface area contributed by atoms with Gasteiger partial charge in [0.2, 0.25) is 0 Å². The van der Waals surface area contributed by atoms with Crippen LogP contribution in [-0.4, -0.2) is 28.6 Å². The largest absolute Gasteiger partial charge is 0.481 e. The zero-order valence-corrected chi connectivity index (χ0v) is 9.90. The monoisotopic (exact) mass is 249 g/mol. The van der Waals surface area contributed by atoms with Crippen LogP contribution in [0, 0.1) is 0 Å². The second kappa shape index (κ2) is 5.48. The summed E-state index contributed by atoms with van der Waals surface area (Å²) in [5.74, 6) is -0.436. The van der Waals surface area contributed by atoms with Gasteiger partial charge in [-0.1, -0.05) is 0 Å². The highest BCUT2D eigenvalue weighted by atomic mass is 16.4. The number of carboxylic acid groups (broad SMARTS) is 1. The van der Waals surface area contributed by atoms with Crippen molar-refractivity contribution in [1.82, 2.24) is 10.3 Å². The maximum Gasteiger partial charge on any atom is 0.320 e. The molecular weight excluding hydrogens is 234 g/mol. The number of carbonyl (C=O) groups is 2. The van der Waals surface area contributed by atoms with Gasteiger partial charge in [0.1, 0.15) is 5.82 Å². The molecule has 6 heteroatoms. The first-order valence-electron chi connectivity index (χ1n) is 5.89. The molecule has 1 aliphatic carbocycles. The molecule has 6 nitrogen and oxygen atoms in total. The number of rotatable bonds is 4. The van der Waals surface area contributed by atoms with Crippen molar-refractivity contribution in [1.29, 1.82) is 0 Å². The second-order valence-corrected chi connectivity index (χ2v) is 4.22. The van der Waals surface area contributed by atoms with Crippen LogP contribution in [-0.2, 0) is 17.6 Å². The Morgan fingerprint density at radius 1 is 1.33 bits per heavy atom. The number of nitrogens with zero attached hydrogens (tertiary/aromatic N) is 1. The minimum atomic E-state index is -0.939. The average Bonchev–Trinajstić information content (AvgIpc) is 2.75. The van der Waals surface area contributed by atoms with Crippen LogP contribution in [0.1, 0.15) is 24.0 Å². The quantitative estimate of drug-likeness (QED) is 0.746. The average molecular weight is 249 g/mol. The summed E-state index contributed by atoms with van der Waals surface area (Å²) >= 11 is 0. The Morgan fingerprint density at radius 2 is 2.11 bits per heavy atom. The lowest BCUT2D eigenvalue weighted by atomic mass is 10.2. The number of nitrogens with one attached hydrogen (secondary N) is 2. The summed E-state index contributed by atoms with van der Waals surface area (Å²) in [6.45, 7) is 0.103. The number of aryl methyl sites for hydroxylation is 2. The van der Waals surface area contributed by atoms with Gasteiger partial charge in [0.05, 0.1) is 6.42 Å². The van der Waals surface area contributed by atoms with Crippen molar-refractivity contribution in [2.24, 2.45) is 0 Å². The summed E-state index contributed by atoms with van der Waals surface area (Å²) < 4.78 is 0. The highest BCUT2D eigenvalue weighted by Gasteiger charge is 2.12. The molecule has 0 saturated heterocycles. The van der Waals surface area contributed by atoms with Crippen LogP contribution >= 0.6 is 0 Å². The summed E-state index contributed by atoms with van der Waals surface area (Å²) in [5, 5.41) is 13.5. The molecule has 0 aliphatic heterocycles. The van der Waals surface area contributed by atoms with Gasteiger partial charge < -0.3 is 10.4 Å². The molecule has 3 N–H and O–H groups in total. The Balaban J connectivity index is 1.85. The maximum absolute atomic E-state index is 11.4. The number of anilines is 1. The van der Waals surface area contributed by atoms with Crippen molar-refractivity contribution in [2.45, 2.75) is 25.7 Å². The van der Waals surface area contributed by atoms with E-state index in [-0.39, 0.29) is 13.0 Å². The van der Waals surface area contributed by atoms with E-state index < -0.39 is 12.0 Å². The molecule has 0 saturated carbocycles. The number of carboxylic acids is 1. The number of hydrogen-bond donors (Lipinski definition) is 3. The molecule has 96 valence electrons. The fraction of sp³-hybridized carbons (Fsp3) is 0.417. The molecule has 2 amide bonds. The number of hydrogen-bond acceptors (Lipinski definition) is 3. The van der Waals surface area contributed by atoms with Crippen molar-refractivity contribution < 1.29 is 14.7 Å². The number of carbonyl (C=O) groups excluding carboxylic acids is 1. The summed E-state index contributed by atoms with van der Waals surface area (Å²) in [4.78, 5) is 25.9. The molecule has 1 aliphatic rings. The Labute approximate surface area is 104 Å². The third-order valence-corrected chi connectivity index (χ3v) is 2.84. The van der Waals surface area contributed by atoms with Gasteiger partial charge in [-0.2, -0.15) is 0 Å². The SMILES string of the molecule is O=C(O)CCNC(=O)Nc1cc2c(cn1)CCC2. The van der Waals surface area contributed by atoms with Crippen molar-refractivity contribution >= 4 is 17.8 Å². The molecule has 1 heterocycles. The Hall–Kier alpha value is -2.11. The smallest absolute Gasteiger partial charge is 0.320 e. The molecule has 2 rings (SSSR count). The predicted molar refractivity (Wildman–Crippen MR) is 65.5 cm³/mol. The number of pyridine rings is 1. The van der Waals surface area contributed by atoms with Gasteiger partial charge in [-0.25, -0.2) is 9.78 Å². The molecule has 0 fully saturated rings. The first-order chi connectivity index (χ1) is 8.65. The van der Waals surface area contributed by atoms with E-state index in [9.17, 15) is 9.59 Å². The zero-order chi connectivity index (χ0) is 13.0. The van der Waals surface area contributed by atoms with Gasteiger partial charge in [-0.15, -0.1) is 0 Å². The third-order valence-electron chi connectivity index (χ3n) is 2.84. The van der Waals surface area contributed by atoms with E-state index in [0.717, 1.165) is 19.3 Å². The molecule has 18 heavy (non-hydrogen) atoms. The Morgan fingerprint density at radius 3 is 2.89 bits per heavy atom. The van der Waals surface area contributed by atoms with E-state index in [1.807, 2.05) is 6.07 Å². The van der Waals surface area contributed by atoms with E-state index in [1.165, 1.54) is 11.1 Å². The molecule has 0 atom stereocenters. The maximum atomic E-state index is 11.4. The first kappa shape index (κ1) is 12.3. The van der Waals surface area contributed by atoms with Gasteiger partial charge >= 0.3 is 12.0 Å². The van der Waals surface area contributed by atoms with Crippen LogP contribution in [0.25, 0.3) is 0 Å². The van der Waals surface area contributed by atoms with Gasteiger partial charge in [0, 0.05) is 12.7 Å². The second-order valence-electron chi connectivity index (χ2n) is 4.22. The highest BCUT2D eigenvalue weighted by Crippen LogP contribution is 2.22. The number of fused-ring (bicyclic) bond motifs is 1. The van der Waals surface area contributed by atoms with Crippen LogP contribution in [0.2, 0.25) is 0 Å². The summed E-state index contributed by atoms with van der Waals surface area (Å²) in [6.07, 6.45) is 4.89. The van der Waals surface area contributed by atoms with Crippen LogP contribution in [0.15, 0.2) is 12.3 Å². The molecule has 0 bridgehead atoms. The van der Waals surface area contributed by atoms with Crippen LogP contribution < -0.4 is 10.6 Å². The number of urea groups is 1. The molecular formula is C12H15N3O3. The lowest BCUT2D eigenvalue weighted by Crippen LogP contribution is -2.30. The third kappa shape index (κ3) is 3.19. The predicted octanol–water partition coefficient (Wildman–Crippen LogP) is 1.17. The van der Waals surface area contributed by atoms with Gasteiger partial charge in [-0.05, 0) is 36.5 Å². The van der Waals surface area contributed by atoms with Crippen molar-refractivity contribution in [3.63, 3.8) is 0 Å². The van der Waals surface area contributed by atoms with E-state index in [1.54, 1.807) is 6.20 Å². The topological polar surface area (TPSA) is 91.3 Å². The molecule has 1 aromatic heterocycles. The van der Waals surface area contributed by atoms with E-state index >= 15 is 0 Å². The van der Waals surface area contributed by atoms with Gasteiger partial charge in [0.15, 0.2) is 0 Å². The lowest BCUT2D eigenvalue weighted by molar-refractivity contribution is -0.136. The normalized spacial score (nSPS) is 12.9. The number of aromatic nitrogens is 1. The molecule has 0 radical (unpaired) electrons. The first-order valence-corrected chi connectivity index (χ1v) is 5.89. The van der Waals surface area contributed by atoms with Crippen molar-refractivity contribution in [3.8, 4) is 0 Å². The minimum absolute atomic E-state index is 0.0922. The Kier molecular flexibility index (Phi) is 3.76. The van der Waals surface area contributed by atoms with E-state index in [2.05, 4.69) is 15.6 Å². The zero-order valence-electron chi connectivity index (χ0n) is 9.90. The van der Waals surface area contributed by atoms with E-state index in [4.69, 9.17) is 5.11 Å². The lowest BCUT2D eigenvalue weighted by Gasteiger charge is -2.07. The molecule has 0 unspecified atom stereocenters. The molecule has 1 aromatic rings. The number of amides is 2. The summed E-state index contributed by atoms with van der Waals surface area (Å²) in [6, 6.07) is 1.45. The van der Waals surface area contributed by atoms with Crippen LogP contribution in [0.4, 0.5) is 10.6 Å². The van der Waals surface area contributed by atoms with Crippen LogP contribution in [0.3, 0.4) is 0 Å². The van der Waals surface area contributed by atoms with E-state index in [0.29, 0.717) is 5.82 Å². The highest BCUT2D eigenvalue weighted by molar-refractivity contribution is 5.88. The summed E-state index contributed by atoms with van der Waals surface area (Å²) in [7, 11) is 0. The van der Waals surface area contributed by atoms with Crippen molar-refractivity contribution in [3.05, 3.63) is 23.4 Å².